The summed E-state index contributed by atoms with van der Waals surface area (Å²) in [5.74, 6) is 0.571. The van der Waals surface area contributed by atoms with Crippen molar-refractivity contribution < 1.29 is 8.42 Å². The molecule has 1 aromatic rings. The van der Waals surface area contributed by atoms with Crippen molar-refractivity contribution in [3.63, 3.8) is 0 Å². The van der Waals surface area contributed by atoms with Crippen molar-refractivity contribution in [2.24, 2.45) is 11.7 Å². The van der Waals surface area contributed by atoms with Gasteiger partial charge in [0.2, 0.25) is 10.0 Å². The normalized spacial score (nSPS) is 16.7. The Bertz CT molecular complexity index is 475. The fourth-order valence-corrected chi connectivity index (χ4v) is 3.39. The number of nitrogens with one attached hydrogen (secondary N) is 1. The first-order valence-corrected chi connectivity index (χ1v) is 8.00. The molecule has 1 saturated carbocycles. The zero-order valence-corrected chi connectivity index (χ0v) is 12.4. The molecule has 3 N–H and O–H groups in total. The van der Waals surface area contributed by atoms with Crippen LogP contribution in [0.4, 0.5) is 0 Å². The van der Waals surface area contributed by atoms with Gasteiger partial charge in [0.05, 0.1) is 5.75 Å². The van der Waals surface area contributed by atoms with Gasteiger partial charge in [-0.3, -0.25) is 0 Å². The van der Waals surface area contributed by atoms with E-state index in [4.69, 9.17) is 5.73 Å². The van der Waals surface area contributed by atoms with Crippen molar-refractivity contribution in [3.8, 4) is 0 Å². The summed E-state index contributed by atoms with van der Waals surface area (Å²) in [4.78, 5) is 0. The van der Waals surface area contributed by atoms with E-state index in [1.165, 1.54) is 0 Å². The molecule has 0 aliphatic heterocycles. The van der Waals surface area contributed by atoms with E-state index in [1.54, 1.807) is 0 Å². The maximum Gasteiger partial charge on any atom is 0.212 e. The third kappa shape index (κ3) is 5.48. The van der Waals surface area contributed by atoms with Crippen LogP contribution in [-0.4, -0.2) is 26.8 Å². The highest BCUT2D eigenvalue weighted by atomic mass is 35.5. The van der Waals surface area contributed by atoms with Crippen LogP contribution < -0.4 is 10.5 Å². The zero-order chi connectivity index (χ0) is 13.0. The summed E-state index contributed by atoms with van der Waals surface area (Å²) >= 11 is 0. The molecular formula is C13H21ClN2O2S. The molecule has 1 atom stereocenters. The summed E-state index contributed by atoms with van der Waals surface area (Å²) in [6.45, 7) is 0.384. The van der Waals surface area contributed by atoms with Crippen LogP contribution in [0.15, 0.2) is 30.3 Å². The van der Waals surface area contributed by atoms with Crippen LogP contribution >= 0.6 is 12.4 Å². The van der Waals surface area contributed by atoms with Gasteiger partial charge in [0, 0.05) is 12.6 Å². The van der Waals surface area contributed by atoms with E-state index < -0.39 is 10.0 Å². The van der Waals surface area contributed by atoms with Crippen molar-refractivity contribution in [3.05, 3.63) is 35.9 Å². The van der Waals surface area contributed by atoms with Crippen molar-refractivity contribution >= 4 is 22.4 Å². The molecule has 0 amide bonds. The predicted octanol–water partition coefficient (Wildman–Crippen LogP) is 1.31. The lowest BCUT2D eigenvalue weighted by Gasteiger charge is -2.16. The highest BCUT2D eigenvalue weighted by Gasteiger charge is 2.32. The van der Waals surface area contributed by atoms with E-state index in [0.717, 1.165) is 18.4 Å². The van der Waals surface area contributed by atoms with Crippen LogP contribution in [0, 0.1) is 5.92 Å². The van der Waals surface area contributed by atoms with Crippen LogP contribution in [-0.2, 0) is 16.4 Å². The zero-order valence-electron chi connectivity index (χ0n) is 10.8. The third-order valence-corrected chi connectivity index (χ3v) is 4.68. The van der Waals surface area contributed by atoms with E-state index in [2.05, 4.69) is 4.72 Å². The second-order valence-electron chi connectivity index (χ2n) is 4.85. The second-order valence-corrected chi connectivity index (χ2v) is 6.73. The molecule has 0 bridgehead atoms. The average molecular weight is 305 g/mol. The largest absolute Gasteiger partial charge is 0.329 e. The van der Waals surface area contributed by atoms with Crippen molar-refractivity contribution in [1.82, 2.24) is 4.72 Å². The van der Waals surface area contributed by atoms with Gasteiger partial charge in [0.15, 0.2) is 0 Å². The Balaban J connectivity index is 0.00000180. The summed E-state index contributed by atoms with van der Waals surface area (Å²) in [5, 5.41) is 0. The highest BCUT2D eigenvalue weighted by Crippen LogP contribution is 2.32. The van der Waals surface area contributed by atoms with Crippen molar-refractivity contribution in [2.45, 2.75) is 25.3 Å². The maximum absolute atomic E-state index is 11.9. The molecule has 2 rings (SSSR count). The first kappa shape index (κ1) is 16.4. The van der Waals surface area contributed by atoms with Gasteiger partial charge in [0.25, 0.3) is 0 Å². The smallest absolute Gasteiger partial charge is 0.212 e. The lowest BCUT2D eigenvalue weighted by Crippen LogP contribution is -2.42. The van der Waals surface area contributed by atoms with Crippen LogP contribution in [0.1, 0.15) is 18.4 Å². The molecule has 1 fully saturated rings. The monoisotopic (exact) mass is 304 g/mol. The molecular weight excluding hydrogens is 284 g/mol. The Kier molecular flexibility index (Phi) is 6.26. The molecule has 1 aliphatic rings. The van der Waals surface area contributed by atoms with Gasteiger partial charge < -0.3 is 5.73 Å². The predicted molar refractivity (Wildman–Crippen MR) is 79.9 cm³/mol. The third-order valence-electron chi connectivity index (χ3n) is 3.28. The minimum absolute atomic E-state index is 0. The molecule has 0 radical (unpaired) electrons. The van der Waals surface area contributed by atoms with Crippen LogP contribution in [0.3, 0.4) is 0 Å². The Labute approximate surface area is 121 Å². The molecule has 108 valence electrons. The van der Waals surface area contributed by atoms with Crippen LogP contribution in [0.25, 0.3) is 0 Å². The van der Waals surface area contributed by atoms with Crippen LogP contribution in [0.5, 0.6) is 0 Å². The Hall–Kier alpha value is -0.620. The van der Waals surface area contributed by atoms with Gasteiger partial charge in [-0.1, -0.05) is 30.3 Å². The number of sulfonamides is 1. The number of hydrogen-bond donors (Lipinski definition) is 2. The number of aryl methyl sites for hydroxylation is 1. The van der Waals surface area contributed by atoms with E-state index in [9.17, 15) is 8.42 Å². The lowest BCUT2D eigenvalue weighted by molar-refractivity contribution is 0.519. The molecule has 1 aliphatic carbocycles. The molecule has 1 unspecified atom stereocenters. The van der Waals surface area contributed by atoms with Gasteiger partial charge >= 0.3 is 0 Å². The fourth-order valence-electron chi connectivity index (χ4n) is 2.02. The van der Waals surface area contributed by atoms with Crippen molar-refractivity contribution in [2.75, 3.05) is 12.3 Å². The maximum atomic E-state index is 11.9. The van der Waals surface area contributed by atoms with Gasteiger partial charge in [-0.05, 0) is 30.7 Å². The average Bonchev–Trinajstić information content (AvgIpc) is 3.19. The summed E-state index contributed by atoms with van der Waals surface area (Å²) in [6.07, 6.45) is 2.71. The lowest BCUT2D eigenvalue weighted by atomic mass is 10.2. The summed E-state index contributed by atoms with van der Waals surface area (Å²) in [5.41, 5.74) is 6.64. The molecule has 6 heteroatoms. The van der Waals surface area contributed by atoms with E-state index in [-0.39, 0.29) is 24.2 Å². The molecule has 1 aromatic carbocycles. The number of rotatable bonds is 7. The topological polar surface area (TPSA) is 72.2 Å². The molecule has 0 aromatic heterocycles. The Morgan fingerprint density at radius 1 is 1.26 bits per heavy atom. The van der Waals surface area contributed by atoms with Gasteiger partial charge in [-0.2, -0.15) is 0 Å². The summed E-state index contributed by atoms with van der Waals surface area (Å²) < 4.78 is 26.6. The SMILES string of the molecule is Cl.NCC(NS(=O)(=O)CCc1ccccc1)C1CC1. The summed E-state index contributed by atoms with van der Waals surface area (Å²) in [7, 11) is -3.23. The minimum atomic E-state index is -3.23. The quantitative estimate of drug-likeness (QED) is 0.798. The molecule has 0 spiro atoms. The Morgan fingerprint density at radius 3 is 2.42 bits per heavy atom. The second kappa shape index (κ2) is 7.24. The van der Waals surface area contributed by atoms with E-state index in [0.29, 0.717) is 18.9 Å². The Morgan fingerprint density at radius 2 is 1.89 bits per heavy atom. The number of benzene rings is 1. The standard InChI is InChI=1S/C13H20N2O2S.ClH/c14-10-13(12-6-7-12)15-18(16,17)9-8-11-4-2-1-3-5-11;/h1-5,12-13,15H,6-10,14H2;1H. The van der Waals surface area contributed by atoms with Crippen molar-refractivity contribution in [1.29, 1.82) is 0 Å². The number of halogens is 1. The molecule has 0 saturated heterocycles. The van der Waals surface area contributed by atoms with E-state index in [1.807, 2.05) is 30.3 Å². The fraction of sp³-hybridized carbons (Fsp3) is 0.538. The minimum Gasteiger partial charge on any atom is -0.329 e. The molecule has 19 heavy (non-hydrogen) atoms. The van der Waals surface area contributed by atoms with Gasteiger partial charge in [-0.15, -0.1) is 12.4 Å². The highest BCUT2D eigenvalue weighted by molar-refractivity contribution is 7.89. The first-order valence-electron chi connectivity index (χ1n) is 6.35. The van der Waals surface area contributed by atoms with E-state index >= 15 is 0 Å². The summed E-state index contributed by atoms with van der Waals surface area (Å²) in [6, 6.07) is 9.57. The molecule has 4 nitrogen and oxygen atoms in total. The van der Waals surface area contributed by atoms with Crippen LogP contribution in [0.2, 0.25) is 0 Å². The number of hydrogen-bond acceptors (Lipinski definition) is 3. The van der Waals surface area contributed by atoms with Gasteiger partial charge in [0.1, 0.15) is 0 Å². The molecule has 0 heterocycles. The number of nitrogens with two attached hydrogens (primary N) is 1. The van der Waals surface area contributed by atoms with Gasteiger partial charge in [-0.25, -0.2) is 13.1 Å². The first-order chi connectivity index (χ1) is 8.61.